The Hall–Kier alpha value is -1.06. The summed E-state index contributed by atoms with van der Waals surface area (Å²) >= 11 is 0. The fourth-order valence-corrected chi connectivity index (χ4v) is 3.23. The SMILES string of the molecule is CCNCc1ccccc1N1CCC(N(CC)CC)C1. The first-order valence-electron chi connectivity index (χ1n) is 8.07. The van der Waals surface area contributed by atoms with Gasteiger partial charge >= 0.3 is 0 Å². The van der Waals surface area contributed by atoms with E-state index in [1.165, 1.54) is 30.8 Å². The summed E-state index contributed by atoms with van der Waals surface area (Å²) in [6, 6.07) is 9.56. The predicted molar refractivity (Wildman–Crippen MR) is 87.4 cm³/mol. The van der Waals surface area contributed by atoms with Crippen LogP contribution in [-0.4, -0.2) is 43.7 Å². The summed E-state index contributed by atoms with van der Waals surface area (Å²) in [5.41, 5.74) is 2.85. The Labute approximate surface area is 124 Å². The van der Waals surface area contributed by atoms with Gasteiger partial charge in [0.2, 0.25) is 0 Å². The van der Waals surface area contributed by atoms with Crippen LogP contribution in [0.15, 0.2) is 24.3 Å². The van der Waals surface area contributed by atoms with Gasteiger partial charge in [0.1, 0.15) is 0 Å². The van der Waals surface area contributed by atoms with Crippen molar-refractivity contribution in [2.45, 2.75) is 39.8 Å². The third-order valence-corrected chi connectivity index (χ3v) is 4.39. The van der Waals surface area contributed by atoms with E-state index < -0.39 is 0 Å². The van der Waals surface area contributed by atoms with Crippen molar-refractivity contribution in [3.05, 3.63) is 29.8 Å². The number of nitrogens with zero attached hydrogens (tertiary/aromatic N) is 2. The van der Waals surface area contributed by atoms with Crippen molar-refractivity contribution in [2.24, 2.45) is 0 Å². The minimum atomic E-state index is 0.720. The van der Waals surface area contributed by atoms with Gasteiger partial charge in [-0.1, -0.05) is 39.0 Å². The molecule has 3 heteroatoms. The smallest absolute Gasteiger partial charge is 0.0412 e. The average molecular weight is 275 g/mol. The summed E-state index contributed by atoms with van der Waals surface area (Å²) in [5.74, 6) is 0. The second-order valence-corrected chi connectivity index (χ2v) is 5.52. The highest BCUT2D eigenvalue weighted by Crippen LogP contribution is 2.26. The Kier molecular flexibility index (Phi) is 5.86. The Balaban J connectivity index is 2.05. The Morgan fingerprint density at radius 3 is 2.65 bits per heavy atom. The number of para-hydroxylation sites is 1. The molecule has 1 unspecified atom stereocenters. The van der Waals surface area contributed by atoms with E-state index in [2.05, 4.69) is 60.2 Å². The second kappa shape index (κ2) is 7.65. The summed E-state index contributed by atoms with van der Waals surface area (Å²) in [5, 5.41) is 3.45. The lowest BCUT2D eigenvalue weighted by atomic mass is 10.1. The van der Waals surface area contributed by atoms with Crippen molar-refractivity contribution in [1.29, 1.82) is 0 Å². The van der Waals surface area contributed by atoms with Crippen LogP contribution in [0.3, 0.4) is 0 Å². The van der Waals surface area contributed by atoms with Crippen molar-refractivity contribution < 1.29 is 0 Å². The molecule has 0 spiro atoms. The third-order valence-electron chi connectivity index (χ3n) is 4.39. The summed E-state index contributed by atoms with van der Waals surface area (Å²) < 4.78 is 0. The van der Waals surface area contributed by atoms with Crippen LogP contribution in [0.2, 0.25) is 0 Å². The molecule has 112 valence electrons. The minimum absolute atomic E-state index is 0.720. The number of rotatable bonds is 7. The van der Waals surface area contributed by atoms with Crippen molar-refractivity contribution in [3.63, 3.8) is 0 Å². The molecule has 0 bridgehead atoms. The largest absolute Gasteiger partial charge is 0.370 e. The van der Waals surface area contributed by atoms with Gasteiger partial charge in [0, 0.05) is 31.4 Å². The molecule has 3 nitrogen and oxygen atoms in total. The van der Waals surface area contributed by atoms with E-state index in [1.54, 1.807) is 0 Å². The van der Waals surface area contributed by atoms with E-state index >= 15 is 0 Å². The van der Waals surface area contributed by atoms with Gasteiger partial charge in [-0.25, -0.2) is 0 Å². The molecule has 1 fully saturated rings. The maximum Gasteiger partial charge on any atom is 0.0412 e. The van der Waals surface area contributed by atoms with E-state index in [1.807, 2.05) is 0 Å². The number of anilines is 1. The van der Waals surface area contributed by atoms with Crippen LogP contribution in [0.1, 0.15) is 32.8 Å². The number of benzene rings is 1. The fraction of sp³-hybridized carbons (Fsp3) is 0.647. The number of nitrogens with one attached hydrogen (secondary N) is 1. The molecule has 1 heterocycles. The van der Waals surface area contributed by atoms with Gasteiger partial charge in [-0.15, -0.1) is 0 Å². The molecule has 1 aliphatic heterocycles. The zero-order chi connectivity index (χ0) is 14.4. The van der Waals surface area contributed by atoms with Crippen molar-refractivity contribution in [2.75, 3.05) is 37.6 Å². The first-order valence-corrected chi connectivity index (χ1v) is 8.07. The molecule has 1 atom stereocenters. The lowest BCUT2D eigenvalue weighted by Gasteiger charge is -2.27. The summed E-state index contributed by atoms with van der Waals surface area (Å²) in [6.07, 6.45) is 1.29. The van der Waals surface area contributed by atoms with E-state index in [9.17, 15) is 0 Å². The molecular weight excluding hydrogens is 246 g/mol. The Morgan fingerprint density at radius 2 is 1.95 bits per heavy atom. The molecule has 20 heavy (non-hydrogen) atoms. The van der Waals surface area contributed by atoms with Crippen molar-refractivity contribution >= 4 is 5.69 Å². The van der Waals surface area contributed by atoms with Gasteiger partial charge in [0.15, 0.2) is 0 Å². The highest BCUT2D eigenvalue weighted by atomic mass is 15.3. The molecule has 2 rings (SSSR count). The fourth-order valence-electron chi connectivity index (χ4n) is 3.23. The normalized spacial score (nSPS) is 19.0. The highest BCUT2D eigenvalue weighted by Gasteiger charge is 2.27. The van der Waals surface area contributed by atoms with Gasteiger partial charge in [0.25, 0.3) is 0 Å². The first kappa shape index (κ1) is 15.3. The quantitative estimate of drug-likeness (QED) is 0.825. The molecule has 1 aliphatic rings. The molecule has 1 saturated heterocycles. The molecular formula is C17H29N3. The molecule has 0 saturated carbocycles. The standard InChI is InChI=1S/C17H29N3/c1-4-18-13-15-9-7-8-10-17(15)20-12-11-16(14-20)19(5-2)6-3/h7-10,16,18H,4-6,11-14H2,1-3H3. The van der Waals surface area contributed by atoms with Crippen LogP contribution >= 0.6 is 0 Å². The number of likely N-dealkylation sites (N-methyl/N-ethyl adjacent to an activating group) is 1. The lowest BCUT2D eigenvalue weighted by Crippen LogP contribution is -2.37. The van der Waals surface area contributed by atoms with E-state index in [0.29, 0.717) is 0 Å². The first-order chi connectivity index (χ1) is 9.80. The molecule has 0 aromatic heterocycles. The van der Waals surface area contributed by atoms with Gasteiger partial charge in [-0.2, -0.15) is 0 Å². The lowest BCUT2D eigenvalue weighted by molar-refractivity contribution is 0.232. The van der Waals surface area contributed by atoms with Crippen LogP contribution in [-0.2, 0) is 6.54 Å². The van der Waals surface area contributed by atoms with E-state index in [-0.39, 0.29) is 0 Å². The third kappa shape index (κ3) is 3.53. The minimum Gasteiger partial charge on any atom is -0.370 e. The molecule has 1 aromatic rings. The van der Waals surface area contributed by atoms with Crippen LogP contribution in [0, 0.1) is 0 Å². The molecule has 0 radical (unpaired) electrons. The maximum atomic E-state index is 3.45. The van der Waals surface area contributed by atoms with Gasteiger partial charge < -0.3 is 10.2 Å². The summed E-state index contributed by atoms with van der Waals surface area (Å²) in [7, 11) is 0. The van der Waals surface area contributed by atoms with Gasteiger partial charge in [-0.05, 0) is 37.7 Å². The molecule has 1 N–H and O–H groups in total. The van der Waals surface area contributed by atoms with Crippen LogP contribution in [0.5, 0.6) is 0 Å². The van der Waals surface area contributed by atoms with E-state index in [4.69, 9.17) is 0 Å². The second-order valence-electron chi connectivity index (χ2n) is 5.52. The van der Waals surface area contributed by atoms with Crippen LogP contribution in [0.25, 0.3) is 0 Å². The zero-order valence-corrected chi connectivity index (χ0v) is 13.2. The number of hydrogen-bond acceptors (Lipinski definition) is 3. The molecule has 0 amide bonds. The molecule has 1 aromatic carbocycles. The summed E-state index contributed by atoms with van der Waals surface area (Å²) in [4.78, 5) is 5.16. The zero-order valence-electron chi connectivity index (χ0n) is 13.2. The van der Waals surface area contributed by atoms with E-state index in [0.717, 1.165) is 32.2 Å². The highest BCUT2D eigenvalue weighted by molar-refractivity contribution is 5.54. The average Bonchev–Trinajstić information content (AvgIpc) is 2.96. The molecule has 0 aliphatic carbocycles. The maximum absolute atomic E-state index is 3.45. The summed E-state index contributed by atoms with van der Waals surface area (Å²) in [6.45, 7) is 13.4. The monoisotopic (exact) mass is 275 g/mol. The topological polar surface area (TPSA) is 18.5 Å². The Bertz CT molecular complexity index is 401. The van der Waals surface area contributed by atoms with Gasteiger partial charge in [-0.3, -0.25) is 4.90 Å². The van der Waals surface area contributed by atoms with Crippen LogP contribution < -0.4 is 10.2 Å². The Morgan fingerprint density at radius 1 is 1.20 bits per heavy atom. The number of hydrogen-bond donors (Lipinski definition) is 1. The predicted octanol–water partition coefficient (Wildman–Crippen LogP) is 2.72. The van der Waals surface area contributed by atoms with Crippen LogP contribution in [0.4, 0.5) is 5.69 Å². The van der Waals surface area contributed by atoms with Crippen molar-refractivity contribution in [1.82, 2.24) is 10.2 Å². The van der Waals surface area contributed by atoms with Crippen molar-refractivity contribution in [3.8, 4) is 0 Å². The van der Waals surface area contributed by atoms with Gasteiger partial charge in [0.05, 0.1) is 0 Å².